The molecule has 140 valence electrons. The lowest BCUT2D eigenvalue weighted by molar-refractivity contribution is -0.121. The summed E-state index contributed by atoms with van der Waals surface area (Å²) in [6.45, 7) is 7.04. The molecular weight excluding hydrogens is 344 g/mol. The van der Waals surface area contributed by atoms with Crippen LogP contribution in [0.2, 0.25) is 0 Å². The fraction of sp³-hybridized carbons (Fsp3) is 0.550. The van der Waals surface area contributed by atoms with E-state index in [1.54, 1.807) is 0 Å². The number of hydrogen-bond acceptors (Lipinski definition) is 4. The molecule has 1 amide bonds. The maximum Gasteiger partial charge on any atom is 0.233 e. The first-order valence-electron chi connectivity index (χ1n) is 9.59. The molecule has 0 radical (unpaired) electrons. The molecule has 5 nitrogen and oxygen atoms in total. The molecule has 1 fully saturated rings. The number of hydrogen-bond donors (Lipinski definition) is 1. The van der Waals surface area contributed by atoms with E-state index < -0.39 is 0 Å². The van der Waals surface area contributed by atoms with E-state index in [1.807, 2.05) is 25.1 Å². The van der Waals surface area contributed by atoms with Gasteiger partial charge in [0.05, 0.1) is 11.3 Å². The monoisotopic (exact) mass is 372 g/mol. The van der Waals surface area contributed by atoms with Gasteiger partial charge in [-0.05, 0) is 38.7 Å². The van der Waals surface area contributed by atoms with E-state index in [0.717, 1.165) is 35.9 Å². The van der Waals surface area contributed by atoms with Gasteiger partial charge in [-0.15, -0.1) is 10.2 Å². The molecule has 2 aromatic rings. The maximum absolute atomic E-state index is 12.8. The highest BCUT2D eigenvalue weighted by Gasteiger charge is 2.31. The van der Waals surface area contributed by atoms with Gasteiger partial charge in [0.1, 0.15) is 5.82 Å². The topological polar surface area (TPSA) is 59.8 Å². The molecule has 1 heterocycles. The highest BCUT2D eigenvalue weighted by atomic mass is 32.2. The molecule has 0 bridgehead atoms. The van der Waals surface area contributed by atoms with Crippen LogP contribution in [0.1, 0.15) is 69.8 Å². The Balaban J connectivity index is 1.65. The number of nitrogens with zero attached hydrogens (tertiary/aromatic N) is 3. The molecule has 1 aromatic carbocycles. The van der Waals surface area contributed by atoms with Crippen LogP contribution in [0.25, 0.3) is 0 Å². The Hall–Kier alpha value is -1.82. The van der Waals surface area contributed by atoms with Crippen LogP contribution in [0.15, 0.2) is 35.5 Å². The predicted molar refractivity (Wildman–Crippen MR) is 105 cm³/mol. The van der Waals surface area contributed by atoms with Crippen molar-refractivity contribution in [2.24, 2.45) is 0 Å². The van der Waals surface area contributed by atoms with Crippen molar-refractivity contribution in [2.75, 3.05) is 0 Å². The molecule has 6 heteroatoms. The van der Waals surface area contributed by atoms with Crippen molar-refractivity contribution in [3.8, 4) is 0 Å². The first-order valence-corrected chi connectivity index (χ1v) is 10.5. The molecule has 1 aliphatic carbocycles. The van der Waals surface area contributed by atoms with Gasteiger partial charge in [0.15, 0.2) is 5.16 Å². The second kappa shape index (κ2) is 8.71. The van der Waals surface area contributed by atoms with E-state index in [0.29, 0.717) is 5.92 Å². The van der Waals surface area contributed by atoms with Gasteiger partial charge in [-0.3, -0.25) is 4.79 Å². The highest BCUT2D eigenvalue weighted by molar-refractivity contribution is 8.00. The van der Waals surface area contributed by atoms with Gasteiger partial charge in [-0.2, -0.15) is 0 Å². The number of nitrogens with one attached hydrogen (secondary N) is 1. The van der Waals surface area contributed by atoms with Crippen LogP contribution < -0.4 is 5.32 Å². The molecule has 3 rings (SSSR count). The number of carbonyl (C=O) groups excluding carboxylic acids is 1. The first kappa shape index (κ1) is 19.0. The normalized spacial score (nSPS) is 16.3. The third kappa shape index (κ3) is 4.47. The number of aromatic nitrogens is 3. The molecule has 1 aromatic heterocycles. The van der Waals surface area contributed by atoms with E-state index in [1.165, 1.54) is 24.6 Å². The quantitative estimate of drug-likeness (QED) is 0.666. The molecule has 1 N–H and O–H groups in total. The van der Waals surface area contributed by atoms with Crippen LogP contribution in [0, 0.1) is 0 Å². The van der Waals surface area contributed by atoms with Crippen LogP contribution in [0.5, 0.6) is 0 Å². The number of thioether (sulfide) groups is 1. The second-order valence-corrected chi connectivity index (χ2v) is 8.19. The van der Waals surface area contributed by atoms with Crippen molar-refractivity contribution in [2.45, 2.75) is 75.4 Å². The molecule has 2 unspecified atom stereocenters. The summed E-state index contributed by atoms with van der Waals surface area (Å²) in [6, 6.07) is 10.3. The van der Waals surface area contributed by atoms with E-state index in [2.05, 4.69) is 46.1 Å². The summed E-state index contributed by atoms with van der Waals surface area (Å²) in [5, 5.41) is 12.6. The molecule has 0 aliphatic heterocycles. The van der Waals surface area contributed by atoms with Gasteiger partial charge in [-0.25, -0.2) is 0 Å². The van der Waals surface area contributed by atoms with Crippen molar-refractivity contribution in [1.82, 2.24) is 20.1 Å². The molecule has 0 spiro atoms. The van der Waals surface area contributed by atoms with Gasteiger partial charge in [-0.1, -0.05) is 55.4 Å². The van der Waals surface area contributed by atoms with Crippen molar-refractivity contribution in [3.63, 3.8) is 0 Å². The number of benzene rings is 1. The van der Waals surface area contributed by atoms with Crippen LogP contribution in [0.3, 0.4) is 0 Å². The zero-order valence-corrected chi connectivity index (χ0v) is 16.6. The Morgan fingerprint density at radius 2 is 2.00 bits per heavy atom. The maximum atomic E-state index is 12.8. The lowest BCUT2D eigenvalue weighted by atomic mass is 10.0. The summed E-state index contributed by atoms with van der Waals surface area (Å²) in [6.07, 6.45) is 4.36. The SMILES string of the molecule is CCCC(NC(=O)C(C)Sc1nnc(C2CC2)n1CC)c1ccccc1. The van der Waals surface area contributed by atoms with Gasteiger partial charge >= 0.3 is 0 Å². The third-order valence-electron chi connectivity index (χ3n) is 4.75. The molecule has 0 saturated heterocycles. The smallest absolute Gasteiger partial charge is 0.233 e. The largest absolute Gasteiger partial charge is 0.348 e. The summed E-state index contributed by atoms with van der Waals surface area (Å²) >= 11 is 1.50. The molecular formula is C20H28N4OS. The summed E-state index contributed by atoms with van der Waals surface area (Å²) in [4.78, 5) is 12.8. The Kier molecular flexibility index (Phi) is 6.35. The molecule has 1 saturated carbocycles. The van der Waals surface area contributed by atoms with Gasteiger partial charge in [0.25, 0.3) is 0 Å². The van der Waals surface area contributed by atoms with Crippen LogP contribution in [0.4, 0.5) is 0 Å². The van der Waals surface area contributed by atoms with E-state index in [9.17, 15) is 4.79 Å². The van der Waals surface area contributed by atoms with Gasteiger partial charge in [0, 0.05) is 12.5 Å². The van der Waals surface area contributed by atoms with Crippen molar-refractivity contribution in [3.05, 3.63) is 41.7 Å². The summed E-state index contributed by atoms with van der Waals surface area (Å²) in [5.74, 6) is 1.69. The molecule has 2 atom stereocenters. The Labute approximate surface area is 160 Å². The van der Waals surface area contributed by atoms with Gasteiger partial charge < -0.3 is 9.88 Å². The average molecular weight is 373 g/mol. The minimum atomic E-state index is -0.209. The van der Waals surface area contributed by atoms with Crippen molar-refractivity contribution >= 4 is 17.7 Å². The third-order valence-corrected chi connectivity index (χ3v) is 5.83. The fourth-order valence-electron chi connectivity index (χ4n) is 3.12. The number of carbonyl (C=O) groups is 1. The summed E-state index contributed by atoms with van der Waals surface area (Å²) in [7, 11) is 0. The van der Waals surface area contributed by atoms with E-state index >= 15 is 0 Å². The second-order valence-electron chi connectivity index (χ2n) is 6.88. The van der Waals surface area contributed by atoms with Crippen LogP contribution in [-0.2, 0) is 11.3 Å². The minimum Gasteiger partial charge on any atom is -0.348 e. The van der Waals surface area contributed by atoms with Crippen molar-refractivity contribution in [1.29, 1.82) is 0 Å². The first-order chi connectivity index (χ1) is 12.6. The predicted octanol–water partition coefficient (Wildman–Crippen LogP) is 4.31. The lowest BCUT2D eigenvalue weighted by Crippen LogP contribution is -2.34. The van der Waals surface area contributed by atoms with Crippen LogP contribution in [-0.4, -0.2) is 25.9 Å². The van der Waals surface area contributed by atoms with E-state index in [-0.39, 0.29) is 17.2 Å². The minimum absolute atomic E-state index is 0.0518. The Bertz CT molecular complexity index is 727. The van der Waals surface area contributed by atoms with Gasteiger partial charge in [0.2, 0.25) is 5.91 Å². The highest BCUT2D eigenvalue weighted by Crippen LogP contribution is 2.40. The average Bonchev–Trinajstić information content (AvgIpc) is 3.43. The fourth-order valence-corrected chi connectivity index (χ4v) is 4.05. The Morgan fingerprint density at radius 1 is 1.27 bits per heavy atom. The van der Waals surface area contributed by atoms with Crippen molar-refractivity contribution < 1.29 is 4.79 Å². The van der Waals surface area contributed by atoms with E-state index in [4.69, 9.17) is 0 Å². The molecule has 26 heavy (non-hydrogen) atoms. The molecule has 1 aliphatic rings. The lowest BCUT2D eigenvalue weighted by Gasteiger charge is -2.21. The summed E-state index contributed by atoms with van der Waals surface area (Å²) < 4.78 is 2.16. The zero-order chi connectivity index (χ0) is 18.5. The standard InChI is InChI=1S/C20H28N4OS/c1-4-9-17(15-10-7-6-8-11-15)21-19(25)14(3)26-20-23-22-18(16-12-13-16)24(20)5-2/h6-8,10-11,14,16-17H,4-5,9,12-13H2,1-3H3,(H,21,25). The van der Waals surface area contributed by atoms with Crippen LogP contribution >= 0.6 is 11.8 Å². The number of amides is 1. The zero-order valence-electron chi connectivity index (χ0n) is 15.8. The Morgan fingerprint density at radius 3 is 2.62 bits per heavy atom. The summed E-state index contributed by atoms with van der Waals surface area (Å²) in [5.41, 5.74) is 1.16. The number of rotatable bonds is 9.